The van der Waals surface area contributed by atoms with Gasteiger partial charge in [0, 0.05) is 17.2 Å². The van der Waals surface area contributed by atoms with E-state index in [0.717, 1.165) is 63.4 Å². The molecule has 4 aromatic rings. The molecule has 2 atom stereocenters. The minimum Gasteiger partial charge on any atom is -0.485 e. The number of halogens is 2. The number of hydrogen-bond donors (Lipinski definition) is 1. The number of pyridine rings is 1. The van der Waals surface area contributed by atoms with Crippen LogP contribution in [0.4, 0.5) is 4.39 Å². The van der Waals surface area contributed by atoms with E-state index in [0.29, 0.717) is 40.8 Å². The van der Waals surface area contributed by atoms with Crippen LogP contribution in [0.3, 0.4) is 0 Å². The highest BCUT2D eigenvalue weighted by atomic mass is 35.5. The molecule has 7 rings (SSSR count). The summed E-state index contributed by atoms with van der Waals surface area (Å²) in [5.41, 5.74) is 4.45. The maximum Gasteiger partial charge on any atom is 0.354 e. The van der Waals surface area contributed by atoms with Crippen LogP contribution in [0.25, 0.3) is 11.2 Å². The van der Waals surface area contributed by atoms with Gasteiger partial charge in [0.05, 0.1) is 19.2 Å². The summed E-state index contributed by atoms with van der Waals surface area (Å²) in [5, 5.41) is 9.85. The first-order chi connectivity index (χ1) is 20.4. The van der Waals surface area contributed by atoms with Crippen LogP contribution < -0.4 is 4.74 Å². The fourth-order valence-corrected chi connectivity index (χ4v) is 6.69. The fraction of sp³-hybridized carbons (Fsp3) is 0.406. The van der Waals surface area contributed by atoms with E-state index in [1.165, 1.54) is 23.3 Å². The highest BCUT2D eigenvalue weighted by molar-refractivity contribution is 6.30. The number of ether oxygens (including phenoxy) is 2. The number of aromatic nitrogens is 3. The molecule has 3 aliphatic heterocycles. The van der Waals surface area contributed by atoms with Gasteiger partial charge in [0.15, 0.2) is 11.3 Å². The fourth-order valence-electron chi connectivity index (χ4n) is 6.53. The van der Waals surface area contributed by atoms with Gasteiger partial charge in [-0.15, -0.1) is 0 Å². The molecule has 2 aromatic heterocycles. The smallest absolute Gasteiger partial charge is 0.354 e. The van der Waals surface area contributed by atoms with Crippen molar-refractivity contribution < 1.29 is 23.8 Å². The van der Waals surface area contributed by atoms with E-state index in [2.05, 4.69) is 16.0 Å². The molecular formula is C32H32ClFN4O4. The van der Waals surface area contributed by atoms with E-state index < -0.39 is 5.97 Å². The van der Waals surface area contributed by atoms with E-state index in [-0.39, 0.29) is 23.7 Å². The van der Waals surface area contributed by atoms with Crippen molar-refractivity contribution in [1.29, 1.82) is 0 Å². The molecule has 0 aliphatic carbocycles. The molecule has 2 fully saturated rings. The highest BCUT2D eigenvalue weighted by Gasteiger charge is 2.30. The van der Waals surface area contributed by atoms with Crippen molar-refractivity contribution >= 4 is 28.7 Å². The lowest BCUT2D eigenvalue weighted by Gasteiger charge is -2.35. The first-order valence-electron chi connectivity index (χ1n) is 14.6. The number of piperidine rings is 1. The number of nitrogens with zero attached hydrogens (tertiary/aromatic N) is 4. The van der Waals surface area contributed by atoms with Crippen LogP contribution in [-0.2, 0) is 24.2 Å². The van der Waals surface area contributed by atoms with Gasteiger partial charge in [-0.05, 0) is 92.6 Å². The largest absolute Gasteiger partial charge is 0.485 e. The first-order valence-corrected chi connectivity index (χ1v) is 15.0. The molecule has 0 radical (unpaired) electrons. The summed E-state index contributed by atoms with van der Waals surface area (Å²) in [6, 6.07) is 14.3. The maximum absolute atomic E-state index is 14.6. The Labute approximate surface area is 248 Å². The zero-order valence-corrected chi connectivity index (χ0v) is 23.9. The first kappa shape index (κ1) is 27.3. The van der Waals surface area contributed by atoms with E-state index >= 15 is 0 Å². The second-order valence-electron chi connectivity index (χ2n) is 11.4. The summed E-state index contributed by atoms with van der Waals surface area (Å²) in [5.74, 6) is 0.784. The monoisotopic (exact) mass is 590 g/mol. The van der Waals surface area contributed by atoms with Crippen molar-refractivity contribution in [1.82, 2.24) is 19.4 Å². The Morgan fingerprint density at radius 1 is 1.05 bits per heavy atom. The SMILES string of the molecule is O=C(O)c1ccc2nc(CN3CCC(c4cccc5c4CCC(c4ccc(Cl)cc4F)O5)CC3)n(C[C@@H]3CCO3)c2n1. The number of rotatable bonds is 7. The van der Waals surface area contributed by atoms with Crippen LogP contribution in [0.2, 0.25) is 5.02 Å². The molecule has 8 nitrogen and oxygen atoms in total. The van der Waals surface area contributed by atoms with Gasteiger partial charge in [-0.25, -0.2) is 19.2 Å². The number of carbonyl (C=O) groups is 1. The van der Waals surface area contributed by atoms with E-state index in [4.69, 9.17) is 26.1 Å². The Balaban J connectivity index is 1.05. The van der Waals surface area contributed by atoms with Crippen LogP contribution in [0.15, 0.2) is 48.5 Å². The number of carboxylic acids is 1. The van der Waals surface area contributed by atoms with Gasteiger partial charge in [0.25, 0.3) is 0 Å². The summed E-state index contributed by atoms with van der Waals surface area (Å²) in [6.07, 6.45) is 4.35. The van der Waals surface area contributed by atoms with Gasteiger partial charge in [-0.1, -0.05) is 29.8 Å². The molecule has 0 spiro atoms. The predicted molar refractivity (Wildman–Crippen MR) is 156 cm³/mol. The third-order valence-corrected chi connectivity index (χ3v) is 9.10. The molecule has 10 heteroatoms. The molecule has 2 aromatic carbocycles. The van der Waals surface area contributed by atoms with Crippen LogP contribution in [-0.4, -0.2) is 56.3 Å². The summed E-state index contributed by atoms with van der Waals surface area (Å²) in [7, 11) is 0. The standard InChI is InChI=1S/C32H32ClFN4O4/c33-20-4-5-24(25(34)16-20)29-9-6-23-22(2-1-3-28(23)42-29)19-10-13-37(14-11-19)18-30-35-26-7-8-27(32(39)40)36-31(26)38(30)17-21-12-15-41-21/h1-5,7-8,16,19,21,29H,6,9-15,17-18H2,(H,39,40)/t21-,29?/m0/s1. The van der Waals surface area contributed by atoms with E-state index in [9.17, 15) is 14.3 Å². The topological polar surface area (TPSA) is 89.7 Å². The molecule has 0 amide bonds. The maximum atomic E-state index is 14.6. The summed E-state index contributed by atoms with van der Waals surface area (Å²) in [6.45, 7) is 3.88. The number of benzene rings is 2. The van der Waals surface area contributed by atoms with Crippen molar-refractivity contribution in [2.24, 2.45) is 0 Å². The van der Waals surface area contributed by atoms with Gasteiger partial charge in [0.2, 0.25) is 0 Å². The lowest BCUT2D eigenvalue weighted by molar-refractivity contribution is -0.0593. The minimum atomic E-state index is -1.05. The molecular weight excluding hydrogens is 559 g/mol. The number of fused-ring (bicyclic) bond motifs is 2. The zero-order chi connectivity index (χ0) is 28.8. The van der Waals surface area contributed by atoms with Gasteiger partial charge in [0.1, 0.15) is 29.0 Å². The molecule has 1 N–H and O–H groups in total. The lowest BCUT2D eigenvalue weighted by Crippen LogP contribution is -2.35. The molecule has 218 valence electrons. The third-order valence-electron chi connectivity index (χ3n) is 8.87. The average molecular weight is 591 g/mol. The van der Waals surface area contributed by atoms with Crippen LogP contribution in [0.1, 0.15) is 70.7 Å². The van der Waals surface area contributed by atoms with Crippen molar-refractivity contribution in [3.05, 3.63) is 87.6 Å². The summed E-state index contributed by atoms with van der Waals surface area (Å²) in [4.78, 5) is 23.2. The lowest BCUT2D eigenvalue weighted by atomic mass is 9.83. The average Bonchev–Trinajstić information content (AvgIpc) is 3.30. The van der Waals surface area contributed by atoms with Crippen molar-refractivity contribution in [2.75, 3.05) is 19.7 Å². The molecule has 0 saturated carbocycles. The Morgan fingerprint density at radius 3 is 2.62 bits per heavy atom. The summed E-state index contributed by atoms with van der Waals surface area (Å²) >= 11 is 5.95. The number of hydrogen-bond acceptors (Lipinski definition) is 6. The normalized spacial score (nSPS) is 21.1. The number of aromatic carboxylic acids is 1. The van der Waals surface area contributed by atoms with Gasteiger partial charge in [-0.2, -0.15) is 0 Å². The van der Waals surface area contributed by atoms with Gasteiger partial charge in [-0.3, -0.25) is 4.90 Å². The van der Waals surface area contributed by atoms with Crippen LogP contribution in [0, 0.1) is 5.82 Å². The molecule has 5 heterocycles. The molecule has 2 saturated heterocycles. The predicted octanol–water partition coefficient (Wildman–Crippen LogP) is 6.16. The second kappa shape index (κ2) is 11.3. The third kappa shape index (κ3) is 5.25. The van der Waals surface area contributed by atoms with Crippen LogP contribution >= 0.6 is 11.6 Å². The minimum absolute atomic E-state index is 0.0188. The number of imidazole rings is 1. The molecule has 42 heavy (non-hydrogen) atoms. The Morgan fingerprint density at radius 2 is 1.88 bits per heavy atom. The Bertz CT molecular complexity index is 1650. The quantitative estimate of drug-likeness (QED) is 0.276. The molecule has 3 aliphatic rings. The molecule has 1 unspecified atom stereocenters. The number of carboxylic acid groups (broad SMARTS) is 1. The highest BCUT2D eigenvalue weighted by Crippen LogP contribution is 2.42. The molecule has 0 bridgehead atoms. The Hall–Kier alpha value is -3.53. The number of likely N-dealkylation sites (tertiary alicyclic amines) is 1. The van der Waals surface area contributed by atoms with Crippen molar-refractivity contribution in [3.8, 4) is 5.75 Å². The van der Waals surface area contributed by atoms with Gasteiger partial charge < -0.3 is 19.1 Å². The van der Waals surface area contributed by atoms with Crippen molar-refractivity contribution in [2.45, 2.75) is 63.3 Å². The van der Waals surface area contributed by atoms with E-state index in [1.54, 1.807) is 18.2 Å². The van der Waals surface area contributed by atoms with Crippen molar-refractivity contribution in [3.63, 3.8) is 0 Å². The zero-order valence-electron chi connectivity index (χ0n) is 23.1. The van der Waals surface area contributed by atoms with Crippen LogP contribution in [0.5, 0.6) is 5.75 Å². The Kier molecular flexibility index (Phi) is 7.34. The second-order valence-corrected chi connectivity index (χ2v) is 11.9. The van der Waals surface area contributed by atoms with Gasteiger partial charge >= 0.3 is 5.97 Å². The van der Waals surface area contributed by atoms with E-state index in [1.807, 2.05) is 16.7 Å². The summed E-state index contributed by atoms with van der Waals surface area (Å²) < 4.78 is 28.6.